The van der Waals surface area contributed by atoms with Crippen LogP contribution in [-0.4, -0.2) is 30.8 Å². The van der Waals surface area contributed by atoms with Gasteiger partial charge < -0.3 is 5.32 Å². The molecule has 0 saturated carbocycles. The summed E-state index contributed by atoms with van der Waals surface area (Å²) >= 11 is 1.67. The van der Waals surface area contributed by atoms with Gasteiger partial charge in [-0.3, -0.25) is 0 Å². The highest BCUT2D eigenvalue weighted by Gasteiger charge is 2.21. The fraction of sp³-hybridized carbons (Fsp3) is 0.385. The minimum Gasteiger partial charge on any atom is -0.364 e. The molecule has 102 valence electrons. The van der Waals surface area contributed by atoms with Crippen molar-refractivity contribution >= 4 is 27.4 Å². The summed E-state index contributed by atoms with van der Waals surface area (Å²) in [6, 6.07) is 2.36. The number of hydrogen-bond donors (Lipinski definition) is 1. The van der Waals surface area contributed by atoms with Crippen molar-refractivity contribution in [2.75, 3.05) is 5.32 Å². The van der Waals surface area contributed by atoms with E-state index < -0.39 is 0 Å². The summed E-state index contributed by atoms with van der Waals surface area (Å²) in [4.78, 5) is 13.1. The molecule has 1 N–H and O–H groups in total. The van der Waals surface area contributed by atoms with E-state index in [-0.39, 0.29) is 0 Å². The monoisotopic (exact) mass is 286 g/mol. The van der Waals surface area contributed by atoms with Gasteiger partial charge in [0.15, 0.2) is 0 Å². The molecule has 7 heteroatoms. The van der Waals surface area contributed by atoms with Gasteiger partial charge in [-0.1, -0.05) is 0 Å². The molecule has 0 saturated heterocycles. The lowest BCUT2D eigenvalue weighted by Gasteiger charge is -2.24. The number of nitrogens with one attached hydrogen (secondary N) is 1. The Kier molecular flexibility index (Phi) is 2.66. The lowest BCUT2D eigenvalue weighted by atomic mass is 10.1. The van der Waals surface area contributed by atoms with Crippen molar-refractivity contribution in [1.29, 1.82) is 0 Å². The van der Waals surface area contributed by atoms with Gasteiger partial charge in [-0.05, 0) is 24.8 Å². The Balaban J connectivity index is 1.60. The largest absolute Gasteiger partial charge is 0.364 e. The van der Waals surface area contributed by atoms with Crippen molar-refractivity contribution in [3.8, 4) is 0 Å². The third-order valence-electron chi connectivity index (χ3n) is 3.55. The quantitative estimate of drug-likeness (QED) is 0.780. The van der Waals surface area contributed by atoms with Crippen LogP contribution in [0.3, 0.4) is 0 Å². The molecule has 1 aliphatic heterocycles. The van der Waals surface area contributed by atoms with Gasteiger partial charge in [0, 0.05) is 12.5 Å². The van der Waals surface area contributed by atoms with Crippen molar-refractivity contribution in [3.05, 3.63) is 29.4 Å². The van der Waals surface area contributed by atoms with Crippen LogP contribution in [0.1, 0.15) is 18.1 Å². The summed E-state index contributed by atoms with van der Waals surface area (Å²) in [5.74, 6) is 2.86. The van der Waals surface area contributed by atoms with Crippen LogP contribution in [0.2, 0.25) is 0 Å². The molecule has 6 nitrogen and oxygen atoms in total. The van der Waals surface area contributed by atoms with E-state index >= 15 is 0 Å². The Labute approximate surface area is 119 Å². The Morgan fingerprint density at radius 1 is 1.40 bits per heavy atom. The van der Waals surface area contributed by atoms with Crippen LogP contribution in [0.4, 0.5) is 5.82 Å². The normalized spacial score (nSPS) is 18.1. The van der Waals surface area contributed by atoms with E-state index in [0.717, 1.165) is 47.1 Å². The molecule has 1 atom stereocenters. The molecule has 4 heterocycles. The lowest BCUT2D eigenvalue weighted by Crippen LogP contribution is -2.32. The van der Waals surface area contributed by atoms with Crippen LogP contribution in [0.25, 0.3) is 10.2 Å². The second-order valence-corrected chi connectivity index (χ2v) is 5.91. The van der Waals surface area contributed by atoms with Gasteiger partial charge in [0.2, 0.25) is 0 Å². The maximum atomic E-state index is 4.43. The van der Waals surface area contributed by atoms with E-state index in [1.807, 2.05) is 23.1 Å². The number of fused-ring (bicyclic) bond motifs is 2. The number of rotatable bonds is 2. The van der Waals surface area contributed by atoms with Crippen molar-refractivity contribution in [2.24, 2.45) is 0 Å². The van der Waals surface area contributed by atoms with Crippen molar-refractivity contribution in [2.45, 2.75) is 32.4 Å². The first-order valence-corrected chi connectivity index (χ1v) is 7.52. The van der Waals surface area contributed by atoms with Gasteiger partial charge in [0.25, 0.3) is 0 Å². The molecule has 3 aromatic rings. The van der Waals surface area contributed by atoms with Crippen molar-refractivity contribution in [3.63, 3.8) is 0 Å². The molecular formula is C13H14N6S. The number of hydrogen-bond acceptors (Lipinski definition) is 6. The molecule has 3 aromatic heterocycles. The Bertz CT molecular complexity index is 761. The molecule has 20 heavy (non-hydrogen) atoms. The van der Waals surface area contributed by atoms with Gasteiger partial charge in [0.1, 0.15) is 23.8 Å². The second-order valence-electron chi connectivity index (χ2n) is 4.99. The molecule has 0 spiro atoms. The summed E-state index contributed by atoms with van der Waals surface area (Å²) in [5, 5.41) is 10.0. The topological polar surface area (TPSA) is 68.5 Å². The second kappa shape index (κ2) is 4.52. The predicted molar refractivity (Wildman–Crippen MR) is 77.9 cm³/mol. The van der Waals surface area contributed by atoms with E-state index in [2.05, 4.69) is 25.4 Å². The van der Waals surface area contributed by atoms with Crippen LogP contribution >= 0.6 is 11.3 Å². The summed E-state index contributed by atoms with van der Waals surface area (Å²) in [7, 11) is 0. The molecule has 4 rings (SSSR count). The third kappa shape index (κ3) is 1.94. The summed E-state index contributed by atoms with van der Waals surface area (Å²) in [6.07, 6.45) is 3.62. The first-order valence-electron chi connectivity index (χ1n) is 6.64. The number of nitrogens with zero attached hydrogens (tertiary/aromatic N) is 5. The summed E-state index contributed by atoms with van der Waals surface area (Å²) in [6.45, 7) is 2.78. The van der Waals surface area contributed by atoms with Crippen LogP contribution in [-0.2, 0) is 13.0 Å². The molecule has 0 amide bonds. The standard InChI is InChI=1S/C13H14N6S/c1-8-16-11-3-2-9(6-19(11)18-8)17-13-12-10(4-5-20-12)14-7-15-13/h4-5,7,9H,2-3,6H2,1H3,(H,14,15,17). The Hall–Kier alpha value is -2.02. The highest BCUT2D eigenvalue weighted by molar-refractivity contribution is 7.17. The van der Waals surface area contributed by atoms with Crippen molar-refractivity contribution < 1.29 is 0 Å². The number of aryl methyl sites for hydroxylation is 2. The molecular weight excluding hydrogens is 272 g/mol. The number of thiophene rings is 1. The zero-order valence-electron chi connectivity index (χ0n) is 11.1. The Morgan fingerprint density at radius 2 is 2.35 bits per heavy atom. The first kappa shape index (κ1) is 11.8. The fourth-order valence-corrected chi connectivity index (χ4v) is 3.43. The van der Waals surface area contributed by atoms with Gasteiger partial charge in [-0.15, -0.1) is 11.3 Å². The van der Waals surface area contributed by atoms with Gasteiger partial charge in [-0.2, -0.15) is 5.10 Å². The third-order valence-corrected chi connectivity index (χ3v) is 4.46. The van der Waals surface area contributed by atoms with E-state index in [1.165, 1.54) is 0 Å². The lowest BCUT2D eigenvalue weighted by molar-refractivity contribution is 0.440. The van der Waals surface area contributed by atoms with Crippen LogP contribution in [0.5, 0.6) is 0 Å². The first-order chi connectivity index (χ1) is 9.79. The predicted octanol–water partition coefficient (Wildman–Crippen LogP) is 2.02. The van der Waals surface area contributed by atoms with Crippen LogP contribution in [0, 0.1) is 6.92 Å². The minimum absolute atomic E-state index is 0.337. The molecule has 0 aromatic carbocycles. The maximum Gasteiger partial charge on any atom is 0.147 e. The molecule has 1 unspecified atom stereocenters. The highest BCUT2D eigenvalue weighted by atomic mass is 32.1. The zero-order chi connectivity index (χ0) is 13.5. The molecule has 0 fully saturated rings. The van der Waals surface area contributed by atoms with E-state index in [0.29, 0.717) is 6.04 Å². The summed E-state index contributed by atoms with van der Waals surface area (Å²) in [5.41, 5.74) is 1.00. The molecule has 0 radical (unpaired) electrons. The van der Waals surface area contributed by atoms with E-state index in [1.54, 1.807) is 17.7 Å². The fourth-order valence-electron chi connectivity index (χ4n) is 2.64. The van der Waals surface area contributed by atoms with Crippen molar-refractivity contribution in [1.82, 2.24) is 24.7 Å². The van der Waals surface area contributed by atoms with Gasteiger partial charge >= 0.3 is 0 Å². The number of aromatic nitrogens is 5. The number of anilines is 1. The zero-order valence-corrected chi connectivity index (χ0v) is 11.9. The molecule has 0 aliphatic carbocycles. The van der Waals surface area contributed by atoms with E-state index in [9.17, 15) is 0 Å². The van der Waals surface area contributed by atoms with E-state index in [4.69, 9.17) is 0 Å². The average molecular weight is 286 g/mol. The highest BCUT2D eigenvalue weighted by Crippen LogP contribution is 2.26. The van der Waals surface area contributed by atoms with Gasteiger partial charge in [0.05, 0.1) is 16.8 Å². The average Bonchev–Trinajstić information content (AvgIpc) is 3.03. The Morgan fingerprint density at radius 3 is 3.30 bits per heavy atom. The van der Waals surface area contributed by atoms with Crippen LogP contribution in [0.15, 0.2) is 17.8 Å². The molecule has 1 aliphatic rings. The van der Waals surface area contributed by atoms with Gasteiger partial charge in [-0.25, -0.2) is 19.6 Å². The maximum absolute atomic E-state index is 4.43. The smallest absolute Gasteiger partial charge is 0.147 e. The minimum atomic E-state index is 0.337. The SMILES string of the molecule is Cc1nc2n(n1)CC(Nc1ncnc3ccsc13)CC2. The summed E-state index contributed by atoms with van der Waals surface area (Å²) < 4.78 is 3.12. The molecule has 0 bridgehead atoms. The van der Waals surface area contributed by atoms with Crippen LogP contribution < -0.4 is 5.32 Å².